The van der Waals surface area contributed by atoms with Gasteiger partial charge in [0.25, 0.3) is 5.91 Å². The van der Waals surface area contributed by atoms with Crippen LogP contribution in [0.15, 0.2) is 24.3 Å². The third-order valence-corrected chi connectivity index (χ3v) is 2.59. The van der Waals surface area contributed by atoms with E-state index in [9.17, 15) is 9.59 Å². The van der Waals surface area contributed by atoms with Crippen molar-refractivity contribution in [3.63, 3.8) is 0 Å². The first kappa shape index (κ1) is 15.0. The number of benzene rings is 1. The minimum absolute atomic E-state index is 0.100. The summed E-state index contributed by atoms with van der Waals surface area (Å²) < 4.78 is 5.31. The highest BCUT2D eigenvalue weighted by Crippen LogP contribution is 2.12. The molecule has 1 unspecified atom stereocenters. The molecule has 0 aliphatic rings. The van der Waals surface area contributed by atoms with Gasteiger partial charge in [-0.2, -0.15) is 0 Å². The van der Waals surface area contributed by atoms with Crippen molar-refractivity contribution in [1.82, 2.24) is 5.32 Å². The van der Waals surface area contributed by atoms with E-state index in [0.717, 1.165) is 6.42 Å². The first-order valence-electron chi connectivity index (χ1n) is 6.24. The summed E-state index contributed by atoms with van der Waals surface area (Å²) in [7, 11) is 0. The Morgan fingerprint density at radius 2 is 1.95 bits per heavy atom. The Morgan fingerprint density at radius 3 is 2.47 bits per heavy atom. The fourth-order valence-electron chi connectivity index (χ4n) is 1.60. The number of rotatable bonds is 7. The standard InChI is InChI=1S/C14H19NO4/c1-3-11-4-6-12(7-5-11)19-9-13(16)15-10(2)8-14(17)18/h4-7,10H,3,8-9H2,1-2H3,(H,15,16)(H,17,18). The zero-order valence-corrected chi connectivity index (χ0v) is 11.2. The van der Waals surface area contributed by atoms with E-state index in [1.165, 1.54) is 5.56 Å². The van der Waals surface area contributed by atoms with Crippen LogP contribution in [0.25, 0.3) is 0 Å². The Morgan fingerprint density at radius 1 is 1.32 bits per heavy atom. The van der Waals surface area contributed by atoms with Crippen LogP contribution in [0.1, 0.15) is 25.8 Å². The number of hydrogen-bond donors (Lipinski definition) is 2. The molecule has 5 nitrogen and oxygen atoms in total. The number of ether oxygens (including phenoxy) is 1. The number of carboxylic acid groups (broad SMARTS) is 1. The van der Waals surface area contributed by atoms with Crippen molar-refractivity contribution in [2.75, 3.05) is 6.61 Å². The Balaban J connectivity index is 2.34. The van der Waals surface area contributed by atoms with Crippen molar-refractivity contribution in [3.8, 4) is 5.75 Å². The molecule has 1 aromatic carbocycles. The summed E-state index contributed by atoms with van der Waals surface area (Å²) in [5, 5.41) is 11.1. The van der Waals surface area contributed by atoms with E-state index >= 15 is 0 Å². The van der Waals surface area contributed by atoms with E-state index in [0.29, 0.717) is 5.75 Å². The average molecular weight is 265 g/mol. The predicted octanol–water partition coefficient (Wildman–Crippen LogP) is 1.61. The number of aryl methyl sites for hydroxylation is 1. The van der Waals surface area contributed by atoms with E-state index in [-0.39, 0.29) is 18.9 Å². The smallest absolute Gasteiger partial charge is 0.305 e. The van der Waals surface area contributed by atoms with Crippen LogP contribution in [0.3, 0.4) is 0 Å². The lowest BCUT2D eigenvalue weighted by atomic mass is 10.2. The monoisotopic (exact) mass is 265 g/mol. The molecule has 0 aliphatic carbocycles. The molecular formula is C14H19NO4. The van der Waals surface area contributed by atoms with Crippen molar-refractivity contribution >= 4 is 11.9 Å². The second-order valence-electron chi connectivity index (χ2n) is 4.35. The zero-order valence-electron chi connectivity index (χ0n) is 11.2. The quantitative estimate of drug-likeness (QED) is 0.785. The highest BCUT2D eigenvalue weighted by Gasteiger charge is 2.11. The molecule has 0 spiro atoms. The van der Waals surface area contributed by atoms with E-state index in [2.05, 4.69) is 12.2 Å². The maximum absolute atomic E-state index is 11.5. The number of aliphatic carboxylic acids is 1. The summed E-state index contributed by atoms with van der Waals surface area (Å²) in [6.45, 7) is 3.59. The summed E-state index contributed by atoms with van der Waals surface area (Å²) in [4.78, 5) is 22.0. The SMILES string of the molecule is CCc1ccc(OCC(=O)NC(C)CC(=O)O)cc1. The van der Waals surface area contributed by atoms with Gasteiger partial charge in [0.15, 0.2) is 6.61 Å². The first-order chi connectivity index (χ1) is 9.01. The van der Waals surface area contributed by atoms with E-state index in [1.54, 1.807) is 6.92 Å². The lowest BCUT2D eigenvalue weighted by Gasteiger charge is -2.12. The van der Waals surface area contributed by atoms with Gasteiger partial charge in [-0.25, -0.2) is 0 Å². The molecule has 0 radical (unpaired) electrons. The van der Waals surface area contributed by atoms with Gasteiger partial charge < -0.3 is 15.2 Å². The number of carbonyl (C=O) groups excluding carboxylic acids is 1. The number of carbonyl (C=O) groups is 2. The van der Waals surface area contributed by atoms with Crippen LogP contribution in [0, 0.1) is 0 Å². The highest BCUT2D eigenvalue weighted by molar-refractivity contribution is 5.78. The molecule has 104 valence electrons. The molecule has 0 aliphatic heterocycles. The van der Waals surface area contributed by atoms with Gasteiger partial charge in [-0.05, 0) is 31.0 Å². The van der Waals surface area contributed by atoms with Gasteiger partial charge in [0.1, 0.15) is 5.75 Å². The molecule has 1 aromatic rings. The lowest BCUT2D eigenvalue weighted by molar-refractivity contribution is -0.137. The van der Waals surface area contributed by atoms with Crippen molar-refractivity contribution in [3.05, 3.63) is 29.8 Å². The molecule has 0 saturated heterocycles. The van der Waals surface area contributed by atoms with Crippen LogP contribution in [0.2, 0.25) is 0 Å². The molecule has 0 saturated carbocycles. The summed E-state index contributed by atoms with van der Waals surface area (Å²) >= 11 is 0. The molecule has 1 rings (SSSR count). The average Bonchev–Trinajstić information content (AvgIpc) is 2.36. The highest BCUT2D eigenvalue weighted by atomic mass is 16.5. The van der Waals surface area contributed by atoms with Crippen molar-refractivity contribution < 1.29 is 19.4 Å². The number of carboxylic acids is 1. The largest absolute Gasteiger partial charge is 0.484 e. The first-order valence-corrected chi connectivity index (χ1v) is 6.24. The molecule has 1 amide bonds. The Hall–Kier alpha value is -2.04. The molecule has 2 N–H and O–H groups in total. The zero-order chi connectivity index (χ0) is 14.3. The van der Waals surface area contributed by atoms with Crippen LogP contribution in [-0.4, -0.2) is 29.6 Å². The second kappa shape index (κ2) is 7.41. The van der Waals surface area contributed by atoms with Crippen LogP contribution in [0.4, 0.5) is 0 Å². The van der Waals surface area contributed by atoms with E-state index in [1.807, 2.05) is 24.3 Å². The normalized spacial score (nSPS) is 11.7. The molecule has 5 heteroatoms. The minimum Gasteiger partial charge on any atom is -0.484 e. The number of amides is 1. The Labute approximate surface area is 112 Å². The fourth-order valence-corrected chi connectivity index (χ4v) is 1.60. The summed E-state index contributed by atoms with van der Waals surface area (Å²) in [6.07, 6.45) is 0.852. The van der Waals surface area contributed by atoms with Gasteiger partial charge in [0, 0.05) is 6.04 Å². The predicted molar refractivity (Wildman–Crippen MR) is 71.2 cm³/mol. The number of hydrogen-bond acceptors (Lipinski definition) is 3. The summed E-state index contributed by atoms with van der Waals surface area (Å²) in [5.74, 6) is -0.643. The van der Waals surface area contributed by atoms with Gasteiger partial charge in [-0.15, -0.1) is 0 Å². The van der Waals surface area contributed by atoms with Gasteiger partial charge in [0.05, 0.1) is 6.42 Å². The van der Waals surface area contributed by atoms with Gasteiger partial charge >= 0.3 is 5.97 Å². The van der Waals surface area contributed by atoms with Gasteiger partial charge in [-0.1, -0.05) is 19.1 Å². The Bertz CT molecular complexity index is 428. The molecule has 1 atom stereocenters. The maximum Gasteiger partial charge on any atom is 0.305 e. The van der Waals surface area contributed by atoms with Crippen LogP contribution in [-0.2, 0) is 16.0 Å². The maximum atomic E-state index is 11.5. The summed E-state index contributed by atoms with van der Waals surface area (Å²) in [5.41, 5.74) is 1.20. The van der Waals surface area contributed by atoms with Crippen molar-refractivity contribution in [2.45, 2.75) is 32.7 Å². The molecule has 19 heavy (non-hydrogen) atoms. The molecular weight excluding hydrogens is 246 g/mol. The molecule has 0 heterocycles. The third kappa shape index (κ3) is 5.90. The summed E-state index contributed by atoms with van der Waals surface area (Å²) in [6, 6.07) is 7.11. The lowest BCUT2D eigenvalue weighted by Crippen LogP contribution is -2.37. The molecule has 0 bridgehead atoms. The van der Waals surface area contributed by atoms with E-state index in [4.69, 9.17) is 9.84 Å². The fraction of sp³-hybridized carbons (Fsp3) is 0.429. The molecule has 0 aromatic heterocycles. The number of nitrogens with one attached hydrogen (secondary N) is 1. The minimum atomic E-state index is -0.941. The third-order valence-electron chi connectivity index (χ3n) is 2.59. The van der Waals surface area contributed by atoms with Crippen molar-refractivity contribution in [1.29, 1.82) is 0 Å². The van der Waals surface area contributed by atoms with Crippen LogP contribution >= 0.6 is 0 Å². The molecule has 0 fully saturated rings. The van der Waals surface area contributed by atoms with E-state index < -0.39 is 12.0 Å². The Kier molecular flexibility index (Phi) is 5.85. The van der Waals surface area contributed by atoms with Gasteiger partial charge in [-0.3, -0.25) is 9.59 Å². The van der Waals surface area contributed by atoms with Crippen LogP contribution in [0.5, 0.6) is 5.75 Å². The second-order valence-corrected chi connectivity index (χ2v) is 4.35. The topological polar surface area (TPSA) is 75.6 Å². The van der Waals surface area contributed by atoms with Crippen LogP contribution < -0.4 is 10.1 Å². The van der Waals surface area contributed by atoms with Gasteiger partial charge in [0.2, 0.25) is 0 Å². The van der Waals surface area contributed by atoms with Crippen molar-refractivity contribution in [2.24, 2.45) is 0 Å².